The van der Waals surface area contributed by atoms with Crippen LogP contribution in [0.15, 0.2) is 47.3 Å². The number of esters is 1. The Kier molecular flexibility index (Phi) is 4.18. The standard InChI is InChI=1S/C18H13N3O4/c1-25-18(24)15-17(23)16-12(13(9-19)20-15)7-8-14(22)21(16)10-11-5-3-2-4-6-11/h2-8,23H,10H2,1H3. The Bertz CT molecular complexity index is 1070. The Hall–Kier alpha value is -3.66. The molecule has 2 heterocycles. The summed E-state index contributed by atoms with van der Waals surface area (Å²) in [4.78, 5) is 28.1. The van der Waals surface area contributed by atoms with Gasteiger partial charge >= 0.3 is 5.97 Å². The van der Waals surface area contributed by atoms with Crippen LogP contribution in [-0.4, -0.2) is 27.7 Å². The highest BCUT2D eigenvalue weighted by Gasteiger charge is 2.22. The molecule has 0 fully saturated rings. The Labute approximate surface area is 142 Å². The lowest BCUT2D eigenvalue weighted by Crippen LogP contribution is -2.21. The smallest absolute Gasteiger partial charge is 0.360 e. The number of hydrogen-bond acceptors (Lipinski definition) is 6. The molecular formula is C18H13N3O4. The van der Waals surface area contributed by atoms with E-state index >= 15 is 0 Å². The number of carbonyl (C=O) groups is 1. The van der Waals surface area contributed by atoms with Crippen LogP contribution in [0.2, 0.25) is 0 Å². The first-order valence-electron chi connectivity index (χ1n) is 7.35. The van der Waals surface area contributed by atoms with Gasteiger partial charge in [-0.25, -0.2) is 9.78 Å². The maximum atomic E-state index is 12.4. The van der Waals surface area contributed by atoms with Gasteiger partial charge in [0.05, 0.1) is 19.2 Å². The van der Waals surface area contributed by atoms with Crippen LogP contribution in [0.5, 0.6) is 5.75 Å². The lowest BCUT2D eigenvalue weighted by atomic mass is 10.1. The number of hydrogen-bond donors (Lipinski definition) is 1. The number of aromatic nitrogens is 2. The number of fused-ring (bicyclic) bond motifs is 1. The van der Waals surface area contributed by atoms with Gasteiger partial charge in [-0.2, -0.15) is 5.26 Å². The van der Waals surface area contributed by atoms with Gasteiger partial charge in [0.1, 0.15) is 6.07 Å². The zero-order valence-corrected chi connectivity index (χ0v) is 13.3. The van der Waals surface area contributed by atoms with Gasteiger partial charge in [-0.1, -0.05) is 30.3 Å². The van der Waals surface area contributed by atoms with Crippen LogP contribution in [0, 0.1) is 11.3 Å². The summed E-state index contributed by atoms with van der Waals surface area (Å²) >= 11 is 0. The molecule has 7 nitrogen and oxygen atoms in total. The molecule has 0 bridgehead atoms. The highest BCUT2D eigenvalue weighted by atomic mass is 16.5. The molecule has 0 saturated heterocycles. The van der Waals surface area contributed by atoms with E-state index in [-0.39, 0.29) is 28.7 Å². The summed E-state index contributed by atoms with van der Waals surface area (Å²) in [7, 11) is 1.14. The van der Waals surface area contributed by atoms with Crippen LogP contribution < -0.4 is 5.56 Å². The van der Waals surface area contributed by atoms with Crippen molar-refractivity contribution in [2.75, 3.05) is 7.11 Å². The first kappa shape index (κ1) is 16.2. The van der Waals surface area contributed by atoms with Crippen LogP contribution in [0.25, 0.3) is 10.9 Å². The first-order valence-corrected chi connectivity index (χ1v) is 7.35. The molecule has 0 aliphatic heterocycles. The second kappa shape index (κ2) is 6.45. The predicted octanol–water partition coefficient (Wildman–Crippen LogP) is 1.81. The molecule has 0 unspecified atom stereocenters. The van der Waals surface area contributed by atoms with Gasteiger partial charge in [-0.3, -0.25) is 4.79 Å². The summed E-state index contributed by atoms with van der Waals surface area (Å²) in [6, 6.07) is 13.7. The number of ether oxygens (including phenoxy) is 1. The summed E-state index contributed by atoms with van der Waals surface area (Å²) in [5.41, 5.74) is 0.0428. The number of carbonyl (C=O) groups excluding carboxylic acids is 1. The van der Waals surface area contributed by atoms with E-state index in [0.717, 1.165) is 12.7 Å². The number of nitrogens with zero attached hydrogens (tertiary/aromatic N) is 3. The topological polar surface area (TPSA) is 105 Å². The van der Waals surface area contributed by atoms with Crippen LogP contribution in [0.3, 0.4) is 0 Å². The Morgan fingerprint density at radius 3 is 2.64 bits per heavy atom. The number of benzene rings is 1. The van der Waals surface area contributed by atoms with E-state index in [9.17, 15) is 20.0 Å². The zero-order chi connectivity index (χ0) is 18.0. The van der Waals surface area contributed by atoms with Gasteiger partial charge in [0, 0.05) is 11.5 Å². The number of aromatic hydroxyl groups is 1. The maximum absolute atomic E-state index is 12.4. The minimum atomic E-state index is -0.890. The van der Waals surface area contributed by atoms with Crippen LogP contribution in [-0.2, 0) is 11.3 Å². The quantitative estimate of drug-likeness (QED) is 0.732. The van der Waals surface area contributed by atoms with Crippen molar-refractivity contribution >= 4 is 16.9 Å². The first-order chi connectivity index (χ1) is 12.1. The zero-order valence-electron chi connectivity index (χ0n) is 13.3. The van der Waals surface area contributed by atoms with E-state index in [4.69, 9.17) is 0 Å². The van der Waals surface area contributed by atoms with E-state index < -0.39 is 17.4 Å². The molecule has 3 aromatic rings. The predicted molar refractivity (Wildman–Crippen MR) is 89.3 cm³/mol. The van der Waals surface area contributed by atoms with Gasteiger partial charge in [-0.05, 0) is 11.6 Å². The maximum Gasteiger partial charge on any atom is 0.360 e. The molecule has 25 heavy (non-hydrogen) atoms. The second-order valence-electron chi connectivity index (χ2n) is 5.27. The number of methoxy groups -OCH3 is 1. The number of pyridine rings is 2. The second-order valence-corrected chi connectivity index (χ2v) is 5.27. The molecule has 0 atom stereocenters. The molecule has 0 aliphatic rings. The highest BCUT2D eigenvalue weighted by molar-refractivity contribution is 5.99. The van der Waals surface area contributed by atoms with Crippen molar-refractivity contribution in [1.29, 1.82) is 5.26 Å². The van der Waals surface area contributed by atoms with Crippen molar-refractivity contribution in [3.8, 4) is 11.8 Å². The summed E-state index contributed by atoms with van der Waals surface area (Å²) in [5.74, 6) is -1.38. The molecule has 1 N–H and O–H groups in total. The highest BCUT2D eigenvalue weighted by Crippen LogP contribution is 2.29. The molecule has 1 aromatic carbocycles. The van der Waals surface area contributed by atoms with E-state index in [0.29, 0.717) is 0 Å². The SMILES string of the molecule is COC(=O)c1nc(C#N)c2ccc(=O)n(Cc3ccccc3)c2c1O. The van der Waals surface area contributed by atoms with Crippen molar-refractivity contribution in [2.45, 2.75) is 6.54 Å². The van der Waals surface area contributed by atoms with Crippen molar-refractivity contribution in [3.05, 3.63) is 69.8 Å². The van der Waals surface area contributed by atoms with Crippen LogP contribution in [0.4, 0.5) is 0 Å². The molecular weight excluding hydrogens is 322 g/mol. The molecule has 3 rings (SSSR count). The fraction of sp³-hybridized carbons (Fsp3) is 0.111. The average Bonchev–Trinajstić information content (AvgIpc) is 2.64. The molecule has 2 aromatic heterocycles. The molecule has 124 valence electrons. The van der Waals surface area contributed by atoms with E-state index in [1.807, 2.05) is 36.4 Å². The Balaban J connectivity index is 2.36. The summed E-state index contributed by atoms with van der Waals surface area (Å²) in [6.07, 6.45) is 0. The van der Waals surface area contributed by atoms with E-state index in [1.54, 1.807) is 0 Å². The summed E-state index contributed by atoms with van der Waals surface area (Å²) < 4.78 is 5.90. The minimum absolute atomic E-state index is 0.0725. The van der Waals surface area contributed by atoms with E-state index in [2.05, 4.69) is 9.72 Å². The fourth-order valence-electron chi connectivity index (χ4n) is 2.61. The molecule has 7 heteroatoms. The van der Waals surface area contributed by atoms with Gasteiger partial charge in [-0.15, -0.1) is 0 Å². The Morgan fingerprint density at radius 1 is 1.28 bits per heavy atom. The molecule has 0 amide bonds. The van der Waals surface area contributed by atoms with Crippen LogP contribution in [0.1, 0.15) is 21.7 Å². The molecule has 0 radical (unpaired) electrons. The number of nitriles is 1. The molecule has 0 saturated carbocycles. The summed E-state index contributed by atoms with van der Waals surface area (Å²) in [5, 5.41) is 20.1. The average molecular weight is 335 g/mol. The summed E-state index contributed by atoms with van der Waals surface area (Å²) in [6.45, 7) is 0.167. The van der Waals surface area contributed by atoms with Crippen molar-refractivity contribution < 1.29 is 14.6 Å². The Morgan fingerprint density at radius 2 is 2.00 bits per heavy atom. The van der Waals surface area contributed by atoms with Crippen molar-refractivity contribution in [1.82, 2.24) is 9.55 Å². The van der Waals surface area contributed by atoms with Crippen LogP contribution >= 0.6 is 0 Å². The van der Waals surface area contributed by atoms with Gasteiger partial charge < -0.3 is 14.4 Å². The monoisotopic (exact) mass is 335 g/mol. The minimum Gasteiger partial charge on any atom is -0.504 e. The third-order valence-corrected chi connectivity index (χ3v) is 3.78. The van der Waals surface area contributed by atoms with Gasteiger partial charge in [0.15, 0.2) is 17.1 Å². The lowest BCUT2D eigenvalue weighted by molar-refractivity contribution is 0.0590. The molecule has 0 aliphatic carbocycles. The third kappa shape index (κ3) is 2.81. The van der Waals surface area contributed by atoms with Crippen molar-refractivity contribution in [2.24, 2.45) is 0 Å². The number of rotatable bonds is 3. The lowest BCUT2D eigenvalue weighted by Gasteiger charge is -2.14. The van der Waals surface area contributed by atoms with Gasteiger partial charge in [0.2, 0.25) is 0 Å². The van der Waals surface area contributed by atoms with Crippen molar-refractivity contribution in [3.63, 3.8) is 0 Å². The normalized spacial score (nSPS) is 10.4. The fourth-order valence-corrected chi connectivity index (χ4v) is 2.61. The van der Waals surface area contributed by atoms with E-state index in [1.165, 1.54) is 16.7 Å². The largest absolute Gasteiger partial charge is 0.504 e. The third-order valence-electron chi connectivity index (χ3n) is 3.78. The molecule has 0 spiro atoms. The van der Waals surface area contributed by atoms with Gasteiger partial charge in [0.25, 0.3) is 5.56 Å².